The number of rotatable bonds is 11. The van der Waals surface area contributed by atoms with E-state index in [-0.39, 0.29) is 18.1 Å². The van der Waals surface area contributed by atoms with Gasteiger partial charge in [-0.3, -0.25) is 9.89 Å². The van der Waals surface area contributed by atoms with Crippen molar-refractivity contribution in [2.24, 2.45) is 10.9 Å². The van der Waals surface area contributed by atoms with Crippen LogP contribution in [-0.2, 0) is 16.0 Å². The molecule has 8 heterocycles. The highest BCUT2D eigenvalue weighted by Gasteiger charge is 2.47. The molecule has 3 aromatic rings. The van der Waals surface area contributed by atoms with Crippen molar-refractivity contribution in [2.75, 3.05) is 65.0 Å². The summed E-state index contributed by atoms with van der Waals surface area (Å²) in [6.07, 6.45) is 7.00. The van der Waals surface area contributed by atoms with E-state index < -0.39 is 6.10 Å². The summed E-state index contributed by atoms with van der Waals surface area (Å²) >= 11 is 0. The van der Waals surface area contributed by atoms with Crippen molar-refractivity contribution in [3.8, 4) is 16.9 Å². The molecule has 6 unspecified atom stereocenters. The van der Waals surface area contributed by atoms with E-state index in [9.17, 15) is 5.11 Å². The van der Waals surface area contributed by atoms with Gasteiger partial charge in [-0.1, -0.05) is 0 Å². The van der Waals surface area contributed by atoms with Crippen LogP contribution in [0.4, 0.5) is 5.82 Å². The summed E-state index contributed by atoms with van der Waals surface area (Å²) in [5, 5.41) is 14.6. The topological polar surface area (TPSA) is 100 Å². The lowest BCUT2D eigenvalue weighted by molar-refractivity contribution is -0.00479. The Labute approximate surface area is 246 Å². The Hall–Kier alpha value is -3.09. The summed E-state index contributed by atoms with van der Waals surface area (Å²) in [4.78, 5) is 16.4. The van der Waals surface area contributed by atoms with Crippen molar-refractivity contribution in [2.45, 2.75) is 49.8 Å². The third kappa shape index (κ3) is 5.17. The molecule has 11 heteroatoms. The molecule has 1 N–H and O–H groups in total. The Bertz CT molecular complexity index is 1400. The third-order valence-electron chi connectivity index (χ3n) is 9.36. The maximum atomic E-state index is 10.0. The van der Waals surface area contributed by atoms with Crippen molar-refractivity contribution in [1.82, 2.24) is 24.4 Å². The number of ether oxygens (including phenoxy) is 3. The number of fused-ring (bicyclic) bond motifs is 4. The molecule has 0 spiro atoms. The predicted molar refractivity (Wildman–Crippen MR) is 160 cm³/mol. The van der Waals surface area contributed by atoms with E-state index in [1.807, 2.05) is 23.1 Å². The minimum atomic E-state index is -0.534. The predicted octanol–water partition coefficient (Wildman–Crippen LogP) is 1.97. The number of aliphatic hydroxyl groups excluding tert-OH is 1. The summed E-state index contributed by atoms with van der Waals surface area (Å²) < 4.78 is 19.7. The normalized spacial score (nSPS) is 28.8. The van der Waals surface area contributed by atoms with Gasteiger partial charge in [0.2, 0.25) is 0 Å². The minimum absolute atomic E-state index is 0.0572. The number of hydrogen-bond acceptors (Lipinski definition) is 10. The average Bonchev–Trinajstić information content (AvgIpc) is 3.70. The van der Waals surface area contributed by atoms with Gasteiger partial charge in [-0.15, -0.1) is 0 Å². The molecule has 3 aromatic heterocycles. The largest absolute Gasteiger partial charge is 0.492 e. The highest BCUT2D eigenvalue weighted by molar-refractivity contribution is 5.83. The molecular formula is C31H41N7O4. The Kier molecular flexibility index (Phi) is 7.62. The molecule has 5 aliphatic rings. The zero-order valence-electron chi connectivity index (χ0n) is 24.5. The van der Waals surface area contributed by atoms with Crippen LogP contribution in [0.15, 0.2) is 41.8 Å². The van der Waals surface area contributed by atoms with Crippen LogP contribution in [0.25, 0.3) is 16.6 Å². The fourth-order valence-electron chi connectivity index (χ4n) is 7.12. The van der Waals surface area contributed by atoms with Crippen LogP contribution < -0.4 is 9.64 Å². The Morgan fingerprint density at radius 1 is 1.14 bits per heavy atom. The number of nitrogens with zero attached hydrogens (tertiary/aromatic N) is 7. The fraction of sp³-hybridized carbons (Fsp3) is 0.581. The van der Waals surface area contributed by atoms with Crippen LogP contribution >= 0.6 is 0 Å². The smallest absolute Gasteiger partial charge is 0.138 e. The first-order valence-electron chi connectivity index (χ1n) is 15.1. The number of hydrogen-bond donors (Lipinski definition) is 1. The lowest BCUT2D eigenvalue weighted by Crippen LogP contribution is -2.69. The molecule has 2 bridgehead atoms. The highest BCUT2D eigenvalue weighted by atomic mass is 16.6. The average molecular weight is 576 g/mol. The number of piperazine rings is 1. The van der Waals surface area contributed by atoms with Crippen molar-refractivity contribution in [1.29, 1.82) is 0 Å². The lowest BCUT2D eigenvalue weighted by atomic mass is 9.87. The molecular weight excluding hydrogens is 534 g/mol. The minimum Gasteiger partial charge on any atom is -0.492 e. The quantitative estimate of drug-likeness (QED) is 0.344. The summed E-state index contributed by atoms with van der Waals surface area (Å²) in [6, 6.07) is 7.60. The standard InChI is InChI=1S/C31H41N7O4/c1-32-12-22-14-34-38-17-25(40-9-6-21-18-41-31-27(39)19-42-30(21)31)11-26(29(22)38)20-4-5-28(33-13-20)36-15-23-10-24(16-36)37(23)8-7-35(2)3/h4-5,11,13-14,17,21,23-24,27,30-31,39H,1,6-10,12,15-16,18-19H2,2-3H3. The van der Waals surface area contributed by atoms with E-state index in [0.29, 0.717) is 38.4 Å². The van der Waals surface area contributed by atoms with Crippen LogP contribution in [0.1, 0.15) is 18.4 Å². The fourth-order valence-corrected chi connectivity index (χ4v) is 7.12. The number of aromatic nitrogens is 3. The van der Waals surface area contributed by atoms with E-state index >= 15 is 0 Å². The van der Waals surface area contributed by atoms with Crippen molar-refractivity contribution in [3.05, 3.63) is 42.4 Å². The number of pyridine rings is 2. The van der Waals surface area contributed by atoms with Crippen molar-refractivity contribution in [3.63, 3.8) is 0 Å². The first kappa shape index (κ1) is 27.7. The van der Waals surface area contributed by atoms with Crippen molar-refractivity contribution < 1.29 is 19.3 Å². The first-order valence-corrected chi connectivity index (χ1v) is 15.1. The number of aliphatic hydroxyl groups is 1. The van der Waals surface area contributed by atoms with Gasteiger partial charge in [0.1, 0.15) is 23.8 Å². The van der Waals surface area contributed by atoms with E-state index in [1.165, 1.54) is 6.42 Å². The molecule has 5 saturated heterocycles. The van der Waals surface area contributed by atoms with Crippen LogP contribution in [0.5, 0.6) is 5.75 Å². The maximum Gasteiger partial charge on any atom is 0.138 e. The van der Waals surface area contributed by atoms with E-state index in [1.54, 1.807) is 0 Å². The molecule has 0 aliphatic carbocycles. The van der Waals surface area contributed by atoms with Crippen LogP contribution in [0.2, 0.25) is 0 Å². The zero-order valence-corrected chi connectivity index (χ0v) is 24.5. The second kappa shape index (κ2) is 11.5. The number of likely N-dealkylation sites (N-methyl/N-ethyl adjacent to an activating group) is 1. The van der Waals surface area contributed by atoms with Crippen molar-refractivity contribution >= 4 is 18.1 Å². The van der Waals surface area contributed by atoms with E-state index in [4.69, 9.17) is 19.2 Å². The molecule has 5 fully saturated rings. The monoisotopic (exact) mass is 575 g/mol. The molecule has 6 atom stereocenters. The highest BCUT2D eigenvalue weighted by Crippen LogP contribution is 2.36. The maximum absolute atomic E-state index is 10.0. The zero-order chi connectivity index (χ0) is 28.8. The SMILES string of the molecule is C=NCc1cnn2cc(OCCC3COC4C(O)COC34)cc(-c3ccc(N4CC5CC(C4)N5CCN(C)C)nc3)c12. The Balaban J connectivity index is 1.07. The van der Waals surface area contributed by atoms with Gasteiger partial charge < -0.3 is 29.1 Å². The van der Waals surface area contributed by atoms with Gasteiger partial charge in [-0.25, -0.2) is 9.50 Å². The molecule has 11 nitrogen and oxygen atoms in total. The van der Waals surface area contributed by atoms with Gasteiger partial charge in [-0.2, -0.15) is 5.10 Å². The second-order valence-corrected chi connectivity index (χ2v) is 12.4. The molecule has 42 heavy (non-hydrogen) atoms. The molecule has 224 valence electrons. The van der Waals surface area contributed by atoms with E-state index in [2.05, 4.69) is 63.8 Å². The molecule has 0 radical (unpaired) electrons. The first-order chi connectivity index (χ1) is 20.5. The third-order valence-corrected chi connectivity index (χ3v) is 9.36. The molecule has 0 aromatic carbocycles. The van der Waals surface area contributed by atoms with Gasteiger partial charge in [-0.05, 0) is 51.9 Å². The Morgan fingerprint density at radius 3 is 2.74 bits per heavy atom. The summed E-state index contributed by atoms with van der Waals surface area (Å²) in [7, 11) is 4.28. The summed E-state index contributed by atoms with van der Waals surface area (Å²) in [5.74, 6) is 1.98. The number of anilines is 1. The summed E-state index contributed by atoms with van der Waals surface area (Å²) in [5.41, 5.74) is 4.01. The Morgan fingerprint density at radius 2 is 1.98 bits per heavy atom. The second-order valence-electron chi connectivity index (χ2n) is 12.4. The number of piperidine rings is 1. The number of aliphatic imine (C=N–C) groups is 1. The lowest BCUT2D eigenvalue weighted by Gasteiger charge is -2.57. The molecule has 0 saturated carbocycles. The van der Waals surface area contributed by atoms with Gasteiger partial charge in [0, 0.05) is 67.1 Å². The van der Waals surface area contributed by atoms with Crippen LogP contribution in [0, 0.1) is 5.92 Å². The van der Waals surface area contributed by atoms with Gasteiger partial charge in [0.25, 0.3) is 0 Å². The van der Waals surface area contributed by atoms with Crippen LogP contribution in [-0.4, -0.2) is 127 Å². The molecule has 8 rings (SSSR count). The van der Waals surface area contributed by atoms with Gasteiger partial charge in [0.15, 0.2) is 0 Å². The van der Waals surface area contributed by atoms with E-state index in [0.717, 1.165) is 66.4 Å². The van der Waals surface area contributed by atoms with Crippen LogP contribution in [0.3, 0.4) is 0 Å². The molecule has 0 amide bonds. The van der Waals surface area contributed by atoms with Gasteiger partial charge >= 0.3 is 0 Å². The van der Waals surface area contributed by atoms with Gasteiger partial charge in [0.05, 0.1) is 50.4 Å². The molecule has 5 aliphatic heterocycles. The summed E-state index contributed by atoms with van der Waals surface area (Å²) in [6.45, 7) is 9.92.